The first-order valence-electron chi connectivity index (χ1n) is 6.83. The third kappa shape index (κ3) is 2.20. The SMILES string of the molecule is CC1C(N)CCN1C(=O)c1cnn(-c2ccccc2)c1. The average Bonchev–Trinajstić information content (AvgIpc) is 3.08. The molecule has 20 heavy (non-hydrogen) atoms. The number of hydrogen-bond donors (Lipinski definition) is 1. The van der Waals surface area contributed by atoms with Gasteiger partial charge in [-0.05, 0) is 25.5 Å². The molecule has 1 saturated heterocycles. The van der Waals surface area contributed by atoms with Crippen LogP contribution >= 0.6 is 0 Å². The molecule has 3 rings (SSSR count). The molecule has 2 N–H and O–H groups in total. The van der Waals surface area contributed by atoms with E-state index in [2.05, 4.69) is 5.10 Å². The lowest BCUT2D eigenvalue weighted by Gasteiger charge is -2.22. The van der Waals surface area contributed by atoms with E-state index in [1.54, 1.807) is 17.1 Å². The minimum atomic E-state index is 0.00707. The van der Waals surface area contributed by atoms with Crippen LogP contribution in [-0.2, 0) is 0 Å². The van der Waals surface area contributed by atoms with Crippen LogP contribution in [0.4, 0.5) is 0 Å². The highest BCUT2D eigenvalue weighted by atomic mass is 16.2. The van der Waals surface area contributed by atoms with Gasteiger partial charge >= 0.3 is 0 Å². The quantitative estimate of drug-likeness (QED) is 0.898. The van der Waals surface area contributed by atoms with Crippen LogP contribution in [0.25, 0.3) is 5.69 Å². The molecule has 2 atom stereocenters. The van der Waals surface area contributed by atoms with E-state index < -0.39 is 0 Å². The van der Waals surface area contributed by atoms with Gasteiger partial charge in [0.25, 0.3) is 5.91 Å². The van der Waals surface area contributed by atoms with Crippen molar-refractivity contribution >= 4 is 5.91 Å². The molecular formula is C15H18N4O. The molecule has 2 unspecified atom stereocenters. The van der Waals surface area contributed by atoms with E-state index in [0.29, 0.717) is 5.56 Å². The number of carbonyl (C=O) groups excluding carboxylic acids is 1. The van der Waals surface area contributed by atoms with Gasteiger partial charge in [-0.25, -0.2) is 4.68 Å². The van der Waals surface area contributed by atoms with Crippen molar-refractivity contribution in [2.75, 3.05) is 6.54 Å². The highest BCUT2D eigenvalue weighted by Gasteiger charge is 2.32. The van der Waals surface area contributed by atoms with Crippen molar-refractivity contribution < 1.29 is 4.79 Å². The number of rotatable bonds is 2. The van der Waals surface area contributed by atoms with Crippen molar-refractivity contribution in [3.8, 4) is 5.69 Å². The van der Waals surface area contributed by atoms with Gasteiger partial charge in [-0.2, -0.15) is 5.10 Å². The first-order chi connectivity index (χ1) is 9.66. The van der Waals surface area contributed by atoms with Crippen molar-refractivity contribution in [3.63, 3.8) is 0 Å². The molecule has 5 heteroatoms. The molecule has 0 spiro atoms. The molecule has 2 heterocycles. The summed E-state index contributed by atoms with van der Waals surface area (Å²) in [7, 11) is 0. The second-order valence-electron chi connectivity index (χ2n) is 5.20. The van der Waals surface area contributed by atoms with Gasteiger partial charge in [0.1, 0.15) is 0 Å². The largest absolute Gasteiger partial charge is 0.334 e. The molecule has 1 aromatic heterocycles. The van der Waals surface area contributed by atoms with E-state index in [0.717, 1.165) is 18.7 Å². The second-order valence-corrected chi connectivity index (χ2v) is 5.20. The molecule has 1 fully saturated rings. The van der Waals surface area contributed by atoms with Crippen molar-refractivity contribution in [1.82, 2.24) is 14.7 Å². The zero-order valence-corrected chi connectivity index (χ0v) is 11.4. The molecule has 0 radical (unpaired) electrons. The van der Waals surface area contributed by atoms with Crippen LogP contribution in [0.2, 0.25) is 0 Å². The summed E-state index contributed by atoms with van der Waals surface area (Å²) < 4.78 is 1.72. The fourth-order valence-electron chi connectivity index (χ4n) is 2.57. The van der Waals surface area contributed by atoms with Gasteiger partial charge in [-0.15, -0.1) is 0 Å². The lowest BCUT2D eigenvalue weighted by molar-refractivity contribution is 0.0742. The Morgan fingerprint density at radius 3 is 2.75 bits per heavy atom. The molecule has 1 amide bonds. The molecule has 0 bridgehead atoms. The van der Waals surface area contributed by atoms with Gasteiger partial charge in [-0.1, -0.05) is 18.2 Å². The smallest absolute Gasteiger partial charge is 0.257 e. The second kappa shape index (κ2) is 5.09. The molecule has 104 valence electrons. The lowest BCUT2D eigenvalue weighted by Crippen LogP contribution is -2.40. The number of nitrogens with two attached hydrogens (primary N) is 1. The number of amides is 1. The van der Waals surface area contributed by atoms with Gasteiger partial charge < -0.3 is 10.6 Å². The summed E-state index contributed by atoms with van der Waals surface area (Å²) in [6.45, 7) is 2.72. The Kier molecular flexibility index (Phi) is 3.28. The topological polar surface area (TPSA) is 64.2 Å². The van der Waals surface area contributed by atoms with Gasteiger partial charge in [0.2, 0.25) is 0 Å². The molecular weight excluding hydrogens is 252 g/mol. The summed E-state index contributed by atoms with van der Waals surface area (Å²) in [6.07, 6.45) is 4.25. The summed E-state index contributed by atoms with van der Waals surface area (Å²) in [6, 6.07) is 9.91. The van der Waals surface area contributed by atoms with E-state index in [-0.39, 0.29) is 18.0 Å². The maximum Gasteiger partial charge on any atom is 0.257 e. The van der Waals surface area contributed by atoms with E-state index in [9.17, 15) is 4.79 Å². The first-order valence-corrected chi connectivity index (χ1v) is 6.83. The molecule has 5 nitrogen and oxygen atoms in total. The third-order valence-corrected chi connectivity index (χ3v) is 3.93. The highest BCUT2D eigenvalue weighted by molar-refractivity contribution is 5.94. The monoisotopic (exact) mass is 270 g/mol. The predicted molar refractivity (Wildman–Crippen MR) is 76.7 cm³/mol. The zero-order chi connectivity index (χ0) is 14.1. The number of hydrogen-bond acceptors (Lipinski definition) is 3. The van der Waals surface area contributed by atoms with Crippen LogP contribution in [0.5, 0.6) is 0 Å². The number of benzene rings is 1. The molecule has 2 aromatic rings. The fraction of sp³-hybridized carbons (Fsp3) is 0.333. The van der Waals surface area contributed by atoms with Gasteiger partial charge in [0.15, 0.2) is 0 Å². The van der Waals surface area contributed by atoms with E-state index in [1.807, 2.05) is 42.2 Å². The van der Waals surface area contributed by atoms with Crippen LogP contribution in [0.3, 0.4) is 0 Å². The number of likely N-dealkylation sites (tertiary alicyclic amines) is 1. The number of para-hydroxylation sites is 1. The minimum Gasteiger partial charge on any atom is -0.334 e. The highest BCUT2D eigenvalue weighted by Crippen LogP contribution is 2.19. The maximum atomic E-state index is 12.5. The number of aromatic nitrogens is 2. The molecule has 0 saturated carbocycles. The Hall–Kier alpha value is -2.14. The van der Waals surface area contributed by atoms with Crippen LogP contribution in [0.15, 0.2) is 42.7 Å². The fourth-order valence-corrected chi connectivity index (χ4v) is 2.57. The molecule has 1 aromatic carbocycles. The Balaban J connectivity index is 1.82. The normalized spacial score (nSPS) is 22.2. The molecule has 1 aliphatic rings. The molecule has 0 aliphatic carbocycles. The van der Waals surface area contributed by atoms with Gasteiger partial charge in [-0.3, -0.25) is 4.79 Å². The standard InChI is InChI=1S/C15H18N4O/c1-11-14(16)7-8-18(11)15(20)12-9-17-19(10-12)13-5-3-2-4-6-13/h2-6,9-11,14H,7-8,16H2,1H3. The first kappa shape index (κ1) is 12.9. The Labute approximate surface area is 118 Å². The average molecular weight is 270 g/mol. The summed E-state index contributed by atoms with van der Waals surface area (Å²) in [4.78, 5) is 14.3. The van der Waals surface area contributed by atoms with Crippen molar-refractivity contribution in [2.24, 2.45) is 5.73 Å². The van der Waals surface area contributed by atoms with E-state index in [1.165, 1.54) is 0 Å². The Bertz CT molecular complexity index is 607. The lowest BCUT2D eigenvalue weighted by atomic mass is 10.1. The summed E-state index contributed by atoms with van der Waals surface area (Å²) >= 11 is 0. The van der Waals surface area contributed by atoms with E-state index >= 15 is 0 Å². The maximum absolute atomic E-state index is 12.5. The summed E-state index contributed by atoms with van der Waals surface area (Å²) in [5.74, 6) is 0.00707. The molecule has 1 aliphatic heterocycles. The summed E-state index contributed by atoms with van der Waals surface area (Å²) in [5.41, 5.74) is 7.51. The summed E-state index contributed by atoms with van der Waals surface area (Å²) in [5, 5.41) is 4.26. The van der Waals surface area contributed by atoms with Crippen LogP contribution < -0.4 is 5.73 Å². The van der Waals surface area contributed by atoms with Crippen LogP contribution in [-0.4, -0.2) is 39.2 Å². The van der Waals surface area contributed by atoms with Crippen molar-refractivity contribution in [2.45, 2.75) is 25.4 Å². The van der Waals surface area contributed by atoms with Gasteiger partial charge in [0.05, 0.1) is 17.4 Å². The Morgan fingerprint density at radius 2 is 2.10 bits per heavy atom. The van der Waals surface area contributed by atoms with Gasteiger partial charge in [0, 0.05) is 24.8 Å². The zero-order valence-electron chi connectivity index (χ0n) is 11.4. The van der Waals surface area contributed by atoms with Crippen LogP contribution in [0, 0.1) is 0 Å². The number of carbonyl (C=O) groups is 1. The predicted octanol–water partition coefficient (Wildman–Crippen LogP) is 1.43. The van der Waals surface area contributed by atoms with Crippen LogP contribution in [0.1, 0.15) is 23.7 Å². The van der Waals surface area contributed by atoms with Crippen molar-refractivity contribution in [1.29, 1.82) is 0 Å². The Morgan fingerprint density at radius 1 is 1.35 bits per heavy atom. The minimum absolute atomic E-state index is 0.00707. The number of nitrogens with zero attached hydrogens (tertiary/aromatic N) is 3. The third-order valence-electron chi connectivity index (χ3n) is 3.93. The van der Waals surface area contributed by atoms with E-state index in [4.69, 9.17) is 5.73 Å². The van der Waals surface area contributed by atoms with Crippen molar-refractivity contribution in [3.05, 3.63) is 48.3 Å².